The van der Waals surface area contributed by atoms with Gasteiger partial charge in [0.2, 0.25) is 0 Å². The average molecular weight is 332 g/mol. The number of carbonyl (C=O) groups is 1. The van der Waals surface area contributed by atoms with Gasteiger partial charge < -0.3 is 14.1 Å². The lowest BCUT2D eigenvalue weighted by Gasteiger charge is -2.33. The van der Waals surface area contributed by atoms with Crippen molar-refractivity contribution in [2.45, 2.75) is 19.1 Å². The largest absolute Gasteiger partial charge is 0.461 e. The van der Waals surface area contributed by atoms with Crippen molar-refractivity contribution in [3.63, 3.8) is 0 Å². The first-order valence-electron chi connectivity index (χ1n) is 7.89. The molecule has 2 aliphatic heterocycles. The molecule has 4 rings (SSSR count). The third kappa shape index (κ3) is 2.71. The summed E-state index contributed by atoms with van der Waals surface area (Å²) in [7, 11) is 2.11. The van der Waals surface area contributed by atoms with Gasteiger partial charge in [0.25, 0.3) is 5.91 Å². The zero-order chi connectivity index (χ0) is 16.0. The van der Waals surface area contributed by atoms with Gasteiger partial charge >= 0.3 is 0 Å². The molecule has 2 saturated heterocycles. The second-order valence-electron chi connectivity index (χ2n) is 6.24. The van der Waals surface area contributed by atoms with Crippen LogP contribution in [-0.4, -0.2) is 61.1 Å². The summed E-state index contributed by atoms with van der Waals surface area (Å²) in [6.45, 7) is 5.03. The Balaban J connectivity index is 1.50. The SMILES string of the molecule is Cc1ccc(-c2ccc(C(=O)N3C[C@@H]4OCCN(C)[C@H]4C3)s2)o1. The van der Waals surface area contributed by atoms with E-state index in [9.17, 15) is 4.79 Å². The summed E-state index contributed by atoms with van der Waals surface area (Å²) in [6.07, 6.45) is 0.143. The van der Waals surface area contributed by atoms with Crippen molar-refractivity contribution in [3.8, 4) is 10.6 Å². The van der Waals surface area contributed by atoms with Gasteiger partial charge in [0.15, 0.2) is 0 Å². The van der Waals surface area contributed by atoms with Gasteiger partial charge in [-0.05, 0) is 38.2 Å². The van der Waals surface area contributed by atoms with Crippen molar-refractivity contribution in [1.29, 1.82) is 0 Å². The predicted molar refractivity (Wildman–Crippen MR) is 88.8 cm³/mol. The molecule has 6 heteroatoms. The monoisotopic (exact) mass is 332 g/mol. The Bertz CT molecular complexity index is 723. The van der Waals surface area contributed by atoms with Crippen LogP contribution in [0, 0.1) is 6.92 Å². The van der Waals surface area contributed by atoms with E-state index in [1.807, 2.05) is 36.1 Å². The van der Waals surface area contributed by atoms with Gasteiger partial charge in [-0.25, -0.2) is 0 Å². The van der Waals surface area contributed by atoms with E-state index in [2.05, 4.69) is 11.9 Å². The average Bonchev–Trinajstić information content (AvgIpc) is 3.25. The molecule has 0 aromatic carbocycles. The Kier molecular flexibility index (Phi) is 3.75. The lowest BCUT2D eigenvalue weighted by molar-refractivity contribution is -0.0368. The number of ether oxygens (including phenoxy) is 1. The smallest absolute Gasteiger partial charge is 0.264 e. The highest BCUT2D eigenvalue weighted by Gasteiger charge is 2.40. The van der Waals surface area contributed by atoms with E-state index in [1.54, 1.807) is 0 Å². The number of morpholine rings is 1. The Hall–Kier alpha value is -1.63. The Morgan fingerprint density at radius 2 is 2.13 bits per heavy atom. The zero-order valence-corrected chi connectivity index (χ0v) is 14.1. The van der Waals surface area contributed by atoms with E-state index in [4.69, 9.17) is 9.15 Å². The highest BCUT2D eigenvalue weighted by Crippen LogP contribution is 2.31. The number of hydrogen-bond donors (Lipinski definition) is 0. The summed E-state index contributed by atoms with van der Waals surface area (Å²) in [5.74, 6) is 1.80. The molecule has 23 heavy (non-hydrogen) atoms. The molecule has 0 aliphatic carbocycles. The number of hydrogen-bond acceptors (Lipinski definition) is 5. The standard InChI is InChI=1S/C17H20N2O3S/c1-11-3-4-13(22-11)15-5-6-16(23-15)17(20)19-9-12-14(10-19)21-8-7-18(12)2/h3-6,12,14H,7-10H2,1-2H3/t12-,14-/m0/s1. The van der Waals surface area contributed by atoms with E-state index in [0.29, 0.717) is 12.6 Å². The van der Waals surface area contributed by atoms with Gasteiger partial charge in [-0.3, -0.25) is 9.69 Å². The second-order valence-corrected chi connectivity index (χ2v) is 7.33. The molecule has 2 aromatic rings. The Labute approximate surface area is 139 Å². The van der Waals surface area contributed by atoms with Crippen LogP contribution >= 0.6 is 11.3 Å². The number of likely N-dealkylation sites (tertiary alicyclic amines) is 1. The molecule has 122 valence electrons. The minimum absolute atomic E-state index is 0.0935. The number of carbonyl (C=O) groups excluding carboxylic acids is 1. The van der Waals surface area contributed by atoms with Crippen LogP contribution in [-0.2, 0) is 4.74 Å². The Morgan fingerprint density at radius 3 is 2.87 bits per heavy atom. The number of nitrogens with zero attached hydrogens (tertiary/aromatic N) is 2. The molecule has 0 N–H and O–H groups in total. The highest BCUT2D eigenvalue weighted by molar-refractivity contribution is 7.17. The predicted octanol–water partition coefficient (Wildman–Crippen LogP) is 2.47. The van der Waals surface area contributed by atoms with Crippen LogP contribution in [0.1, 0.15) is 15.4 Å². The fourth-order valence-corrected chi connectivity index (χ4v) is 4.27. The van der Waals surface area contributed by atoms with Crippen molar-refractivity contribution in [1.82, 2.24) is 9.80 Å². The molecule has 0 bridgehead atoms. The first kappa shape index (κ1) is 14.9. The summed E-state index contributed by atoms with van der Waals surface area (Å²) in [5, 5.41) is 0. The molecule has 4 heterocycles. The summed E-state index contributed by atoms with van der Waals surface area (Å²) < 4.78 is 11.5. The maximum atomic E-state index is 12.8. The number of aryl methyl sites for hydroxylation is 1. The topological polar surface area (TPSA) is 45.9 Å². The molecular formula is C17H20N2O3S. The fraction of sp³-hybridized carbons (Fsp3) is 0.471. The van der Waals surface area contributed by atoms with Crippen LogP contribution in [0.25, 0.3) is 10.6 Å². The molecule has 0 radical (unpaired) electrons. The van der Waals surface area contributed by atoms with Crippen molar-refractivity contribution in [3.05, 3.63) is 34.9 Å². The van der Waals surface area contributed by atoms with E-state index >= 15 is 0 Å². The number of furan rings is 1. The number of amides is 1. The van der Waals surface area contributed by atoms with Crippen molar-refractivity contribution in [2.75, 3.05) is 33.3 Å². The van der Waals surface area contributed by atoms with Crippen LogP contribution < -0.4 is 0 Å². The third-order valence-corrected chi connectivity index (χ3v) is 5.75. The molecule has 1 amide bonds. The molecule has 0 spiro atoms. The maximum absolute atomic E-state index is 12.8. The molecule has 2 fully saturated rings. The van der Waals surface area contributed by atoms with Crippen molar-refractivity contribution < 1.29 is 13.9 Å². The minimum atomic E-state index is 0.0935. The second kappa shape index (κ2) is 5.78. The molecule has 0 saturated carbocycles. The van der Waals surface area contributed by atoms with Gasteiger partial charge in [-0.2, -0.15) is 0 Å². The van der Waals surface area contributed by atoms with Crippen LogP contribution in [0.5, 0.6) is 0 Å². The van der Waals surface area contributed by atoms with Crippen molar-refractivity contribution >= 4 is 17.2 Å². The van der Waals surface area contributed by atoms with Gasteiger partial charge in [-0.1, -0.05) is 0 Å². The lowest BCUT2D eigenvalue weighted by atomic mass is 10.1. The number of rotatable bonds is 2. The molecule has 2 aromatic heterocycles. The van der Waals surface area contributed by atoms with E-state index < -0.39 is 0 Å². The number of likely N-dealkylation sites (N-methyl/N-ethyl adjacent to an activating group) is 1. The van der Waals surface area contributed by atoms with Gasteiger partial charge in [0, 0.05) is 19.6 Å². The molecule has 5 nitrogen and oxygen atoms in total. The quantitative estimate of drug-likeness (QED) is 0.847. The van der Waals surface area contributed by atoms with Gasteiger partial charge in [0.1, 0.15) is 11.5 Å². The van der Waals surface area contributed by atoms with Gasteiger partial charge in [0.05, 0.1) is 28.5 Å². The van der Waals surface area contributed by atoms with Crippen LogP contribution in [0.15, 0.2) is 28.7 Å². The summed E-state index contributed by atoms with van der Waals surface area (Å²) in [4.78, 5) is 18.7. The van der Waals surface area contributed by atoms with Gasteiger partial charge in [-0.15, -0.1) is 11.3 Å². The Morgan fingerprint density at radius 1 is 1.26 bits per heavy atom. The van der Waals surface area contributed by atoms with Crippen LogP contribution in [0.4, 0.5) is 0 Å². The first-order valence-corrected chi connectivity index (χ1v) is 8.71. The summed E-state index contributed by atoms with van der Waals surface area (Å²) >= 11 is 1.49. The molecule has 2 aliphatic rings. The number of thiophene rings is 1. The maximum Gasteiger partial charge on any atom is 0.264 e. The highest BCUT2D eigenvalue weighted by atomic mass is 32.1. The number of fused-ring (bicyclic) bond motifs is 1. The summed E-state index contributed by atoms with van der Waals surface area (Å²) in [6, 6.07) is 8.06. The molecule has 2 atom stereocenters. The van der Waals surface area contributed by atoms with Crippen LogP contribution in [0.3, 0.4) is 0 Å². The van der Waals surface area contributed by atoms with E-state index in [1.165, 1.54) is 11.3 Å². The van der Waals surface area contributed by atoms with E-state index in [-0.39, 0.29) is 12.0 Å². The van der Waals surface area contributed by atoms with E-state index in [0.717, 1.165) is 41.0 Å². The van der Waals surface area contributed by atoms with Crippen molar-refractivity contribution in [2.24, 2.45) is 0 Å². The minimum Gasteiger partial charge on any atom is -0.461 e. The zero-order valence-electron chi connectivity index (χ0n) is 13.3. The lowest BCUT2D eigenvalue weighted by Crippen LogP contribution is -2.48. The third-order valence-electron chi connectivity index (χ3n) is 4.67. The fourth-order valence-electron chi connectivity index (χ4n) is 3.33. The summed E-state index contributed by atoms with van der Waals surface area (Å²) in [5.41, 5.74) is 0. The molecular weight excluding hydrogens is 312 g/mol. The molecule has 0 unspecified atom stereocenters. The van der Waals surface area contributed by atoms with Crippen LogP contribution in [0.2, 0.25) is 0 Å². The first-order chi connectivity index (χ1) is 11.1. The normalized spacial score (nSPS) is 24.9.